The third-order valence-corrected chi connectivity index (χ3v) is 1.83. The van der Waals surface area contributed by atoms with Gasteiger partial charge >= 0.3 is 0 Å². The Labute approximate surface area is 58.7 Å². The van der Waals surface area contributed by atoms with Crippen LogP contribution in [0.4, 0.5) is 0 Å². The van der Waals surface area contributed by atoms with Gasteiger partial charge in [-0.15, -0.1) is 0 Å². The van der Waals surface area contributed by atoms with Crippen molar-refractivity contribution in [3.63, 3.8) is 0 Å². The first kappa shape index (κ1) is 7.23. The Kier molecular flexibility index (Phi) is 1.73. The van der Waals surface area contributed by atoms with Crippen molar-refractivity contribution < 1.29 is 8.42 Å². The van der Waals surface area contributed by atoms with Gasteiger partial charge in [-0.3, -0.25) is 4.99 Å². The second kappa shape index (κ2) is 2.39. The quantitative estimate of drug-likeness (QED) is 0.503. The fourth-order valence-electron chi connectivity index (χ4n) is 0.531. The Hall–Kier alpha value is -0.880. The van der Waals surface area contributed by atoms with Crippen LogP contribution in [0.2, 0.25) is 0 Å². The Morgan fingerprint density at radius 3 is 2.60 bits per heavy atom. The maximum atomic E-state index is 10.6. The van der Waals surface area contributed by atoms with Crippen molar-refractivity contribution in [1.82, 2.24) is 5.32 Å². The monoisotopic (exact) mass is 161 g/mol. The van der Waals surface area contributed by atoms with Gasteiger partial charge in [0.1, 0.15) is 0 Å². The molecule has 0 aliphatic carbocycles. The number of aliphatic imine (C=N–C) groups is 1. The van der Waals surface area contributed by atoms with Crippen molar-refractivity contribution in [2.24, 2.45) is 10.1 Å². The molecule has 0 saturated carbocycles. The van der Waals surface area contributed by atoms with E-state index in [9.17, 15) is 8.42 Å². The maximum absolute atomic E-state index is 10.6. The van der Waals surface area contributed by atoms with E-state index in [0.29, 0.717) is 0 Å². The van der Waals surface area contributed by atoms with Crippen LogP contribution in [0.3, 0.4) is 0 Å². The summed E-state index contributed by atoms with van der Waals surface area (Å²) in [5.74, 6) is 0. The fourth-order valence-corrected chi connectivity index (χ4v) is 1.04. The van der Waals surface area contributed by atoms with Crippen molar-refractivity contribution in [3.8, 4) is 0 Å². The highest BCUT2D eigenvalue weighted by molar-refractivity contribution is 7.89. The van der Waals surface area contributed by atoms with Crippen LogP contribution in [0.5, 0.6) is 0 Å². The van der Waals surface area contributed by atoms with Crippen molar-refractivity contribution in [2.75, 3.05) is 0 Å². The van der Waals surface area contributed by atoms with Crippen LogP contribution < -0.4 is 10.5 Å². The standard InChI is InChI=1S/C4H7N3O2S/c5-10(8,9)4-6-2-1-3-7-4/h1-4,6H,(H2,5,8,9). The summed E-state index contributed by atoms with van der Waals surface area (Å²) in [6.45, 7) is 0. The van der Waals surface area contributed by atoms with Crippen molar-refractivity contribution in [3.05, 3.63) is 12.3 Å². The first-order chi connectivity index (χ1) is 4.61. The van der Waals surface area contributed by atoms with E-state index in [4.69, 9.17) is 5.14 Å². The third kappa shape index (κ3) is 1.55. The maximum Gasteiger partial charge on any atom is 0.251 e. The number of allylic oxidation sites excluding steroid dienone is 1. The molecule has 0 saturated heterocycles. The largest absolute Gasteiger partial charge is 0.356 e. The topological polar surface area (TPSA) is 84.6 Å². The molecule has 0 radical (unpaired) electrons. The number of nitrogens with one attached hydrogen (secondary N) is 1. The van der Waals surface area contributed by atoms with Gasteiger partial charge in [-0.05, 0) is 6.08 Å². The van der Waals surface area contributed by atoms with E-state index >= 15 is 0 Å². The second-order valence-corrected chi connectivity index (χ2v) is 3.39. The highest BCUT2D eigenvalue weighted by atomic mass is 32.2. The minimum Gasteiger partial charge on any atom is -0.356 e. The SMILES string of the molecule is NS(=O)(=O)C1N=CC=CN1. The highest BCUT2D eigenvalue weighted by Gasteiger charge is 2.17. The van der Waals surface area contributed by atoms with Gasteiger partial charge in [0.2, 0.25) is 5.50 Å². The van der Waals surface area contributed by atoms with Crippen LogP contribution in [0.1, 0.15) is 0 Å². The second-order valence-electron chi connectivity index (χ2n) is 1.77. The molecule has 3 N–H and O–H groups in total. The zero-order chi connectivity index (χ0) is 7.61. The molecule has 6 heteroatoms. The van der Waals surface area contributed by atoms with Gasteiger partial charge in [0.05, 0.1) is 0 Å². The average molecular weight is 161 g/mol. The summed E-state index contributed by atoms with van der Waals surface area (Å²) < 4.78 is 21.1. The molecule has 1 aliphatic rings. The molecule has 1 atom stereocenters. The first-order valence-electron chi connectivity index (χ1n) is 2.57. The number of nitrogens with two attached hydrogens (primary N) is 1. The Morgan fingerprint density at radius 1 is 1.60 bits per heavy atom. The predicted molar refractivity (Wildman–Crippen MR) is 37.7 cm³/mol. The van der Waals surface area contributed by atoms with E-state index in [2.05, 4.69) is 10.3 Å². The van der Waals surface area contributed by atoms with Gasteiger partial charge in [-0.1, -0.05) is 0 Å². The minimum absolute atomic E-state index is 1.02. The van der Waals surface area contributed by atoms with Gasteiger partial charge in [-0.25, -0.2) is 13.6 Å². The normalized spacial score (nSPS) is 24.3. The number of primary sulfonamides is 1. The Bertz CT molecular complexity index is 266. The molecule has 0 amide bonds. The molecule has 5 nitrogen and oxygen atoms in total. The molecule has 1 heterocycles. The molecule has 0 aromatic carbocycles. The Balaban J connectivity index is 2.79. The number of hydrogen-bond donors (Lipinski definition) is 2. The lowest BCUT2D eigenvalue weighted by Crippen LogP contribution is -2.37. The molecule has 0 bridgehead atoms. The number of rotatable bonds is 1. The lowest BCUT2D eigenvalue weighted by atomic mass is 10.6. The van der Waals surface area contributed by atoms with Crippen LogP contribution in [-0.4, -0.2) is 20.1 Å². The lowest BCUT2D eigenvalue weighted by Gasteiger charge is -2.11. The van der Waals surface area contributed by atoms with Crippen LogP contribution in [0.25, 0.3) is 0 Å². The molecular weight excluding hydrogens is 154 g/mol. The first-order valence-corrected chi connectivity index (χ1v) is 4.17. The number of sulfonamides is 1. The zero-order valence-corrected chi connectivity index (χ0v) is 5.88. The van der Waals surface area contributed by atoms with Gasteiger partial charge in [0.25, 0.3) is 10.0 Å². The summed E-state index contributed by atoms with van der Waals surface area (Å²) in [5, 5.41) is 7.24. The molecule has 10 heavy (non-hydrogen) atoms. The molecule has 0 spiro atoms. The molecule has 0 aromatic heterocycles. The number of hydrogen-bond acceptors (Lipinski definition) is 4. The van der Waals surface area contributed by atoms with Gasteiger partial charge in [-0.2, -0.15) is 0 Å². The summed E-state index contributed by atoms with van der Waals surface area (Å²) in [4.78, 5) is 3.56. The van der Waals surface area contributed by atoms with Gasteiger partial charge in [0.15, 0.2) is 0 Å². The predicted octanol–water partition coefficient (Wildman–Crippen LogP) is -1.25. The summed E-state index contributed by atoms with van der Waals surface area (Å²) in [7, 11) is -3.59. The van der Waals surface area contributed by atoms with E-state index in [-0.39, 0.29) is 0 Å². The van der Waals surface area contributed by atoms with Crippen molar-refractivity contribution in [1.29, 1.82) is 0 Å². The molecule has 0 fully saturated rings. The van der Waals surface area contributed by atoms with Crippen molar-refractivity contribution in [2.45, 2.75) is 5.50 Å². The van der Waals surface area contributed by atoms with E-state index in [1.54, 1.807) is 6.08 Å². The van der Waals surface area contributed by atoms with Crippen LogP contribution in [-0.2, 0) is 10.0 Å². The van der Waals surface area contributed by atoms with E-state index in [0.717, 1.165) is 0 Å². The molecule has 1 unspecified atom stereocenters. The smallest absolute Gasteiger partial charge is 0.251 e. The van der Waals surface area contributed by atoms with Crippen LogP contribution in [0, 0.1) is 0 Å². The lowest BCUT2D eigenvalue weighted by molar-refractivity contribution is 0.574. The van der Waals surface area contributed by atoms with Crippen LogP contribution in [0.15, 0.2) is 17.3 Å². The molecule has 1 aliphatic heterocycles. The zero-order valence-electron chi connectivity index (χ0n) is 5.06. The van der Waals surface area contributed by atoms with E-state index < -0.39 is 15.5 Å². The number of nitrogens with zero attached hydrogens (tertiary/aromatic N) is 1. The van der Waals surface area contributed by atoms with E-state index in [1.165, 1.54) is 12.4 Å². The van der Waals surface area contributed by atoms with Gasteiger partial charge in [0, 0.05) is 12.4 Å². The minimum atomic E-state index is -3.59. The third-order valence-electron chi connectivity index (χ3n) is 0.954. The van der Waals surface area contributed by atoms with Gasteiger partial charge < -0.3 is 5.32 Å². The highest BCUT2D eigenvalue weighted by Crippen LogP contribution is 1.95. The molecule has 56 valence electrons. The van der Waals surface area contributed by atoms with E-state index in [1.807, 2.05) is 0 Å². The summed E-state index contributed by atoms with van der Waals surface area (Å²) in [6, 6.07) is 0. The summed E-state index contributed by atoms with van der Waals surface area (Å²) in [5.41, 5.74) is -1.02. The summed E-state index contributed by atoms with van der Waals surface area (Å²) in [6.07, 6.45) is 4.44. The Morgan fingerprint density at radius 2 is 2.30 bits per heavy atom. The fraction of sp³-hybridized carbons (Fsp3) is 0.250. The average Bonchev–Trinajstić information content (AvgIpc) is 1.88. The molecule has 1 rings (SSSR count). The summed E-state index contributed by atoms with van der Waals surface area (Å²) >= 11 is 0. The van der Waals surface area contributed by atoms with Crippen LogP contribution >= 0.6 is 0 Å². The molecule has 0 aromatic rings. The molecular formula is C4H7N3O2S. The van der Waals surface area contributed by atoms with Crippen molar-refractivity contribution >= 4 is 16.2 Å².